The van der Waals surface area contributed by atoms with E-state index in [2.05, 4.69) is 32.7 Å². The fraction of sp³-hybridized carbons (Fsp3) is 0.429. The van der Waals surface area contributed by atoms with Crippen LogP contribution in [-0.2, 0) is 6.54 Å². The lowest BCUT2D eigenvalue weighted by molar-refractivity contribution is 0.0950. The van der Waals surface area contributed by atoms with Crippen LogP contribution in [0.1, 0.15) is 35.2 Å². The number of ether oxygens (including phenoxy) is 1. The zero-order valence-electron chi connectivity index (χ0n) is 15.6. The molecule has 2 heterocycles. The third-order valence-corrected chi connectivity index (χ3v) is 5.19. The van der Waals surface area contributed by atoms with Crippen molar-refractivity contribution in [2.45, 2.75) is 37.9 Å². The Morgan fingerprint density at radius 3 is 2.63 bits per heavy atom. The number of hydrogen-bond acceptors (Lipinski definition) is 5. The van der Waals surface area contributed by atoms with Crippen LogP contribution in [0.15, 0.2) is 42.6 Å². The SMILES string of the molecule is COc1ccc(CN[C@@H]2CCN(c3ccc(C(=O)NC4CC4)cn3)C2)cc1. The van der Waals surface area contributed by atoms with Gasteiger partial charge in [-0.3, -0.25) is 4.79 Å². The molecule has 142 valence electrons. The second-order valence-corrected chi connectivity index (χ2v) is 7.31. The van der Waals surface area contributed by atoms with Crippen LogP contribution < -0.4 is 20.3 Å². The molecule has 2 aliphatic rings. The highest BCUT2D eigenvalue weighted by Crippen LogP contribution is 2.21. The highest BCUT2D eigenvalue weighted by molar-refractivity contribution is 5.94. The zero-order chi connectivity index (χ0) is 18.6. The molecule has 1 aliphatic carbocycles. The van der Waals surface area contributed by atoms with Gasteiger partial charge < -0.3 is 20.3 Å². The van der Waals surface area contributed by atoms with Crippen molar-refractivity contribution in [2.75, 3.05) is 25.1 Å². The van der Waals surface area contributed by atoms with Gasteiger partial charge in [-0.25, -0.2) is 4.98 Å². The molecule has 2 aromatic rings. The normalized spacial score (nSPS) is 19.1. The van der Waals surface area contributed by atoms with Crippen molar-refractivity contribution in [3.8, 4) is 5.75 Å². The number of rotatable bonds is 7. The van der Waals surface area contributed by atoms with Gasteiger partial charge in [0.15, 0.2) is 0 Å². The number of benzene rings is 1. The number of anilines is 1. The Morgan fingerprint density at radius 1 is 1.15 bits per heavy atom. The first-order chi connectivity index (χ1) is 13.2. The minimum absolute atomic E-state index is 0.0167. The van der Waals surface area contributed by atoms with Crippen molar-refractivity contribution < 1.29 is 9.53 Å². The number of aromatic nitrogens is 1. The molecule has 2 fully saturated rings. The zero-order valence-corrected chi connectivity index (χ0v) is 15.6. The van der Waals surface area contributed by atoms with E-state index >= 15 is 0 Å². The third kappa shape index (κ3) is 4.57. The van der Waals surface area contributed by atoms with Gasteiger partial charge in [0, 0.05) is 37.9 Å². The Balaban J connectivity index is 1.27. The Morgan fingerprint density at radius 2 is 1.96 bits per heavy atom. The monoisotopic (exact) mass is 366 g/mol. The van der Waals surface area contributed by atoms with E-state index in [1.54, 1.807) is 13.3 Å². The maximum atomic E-state index is 12.1. The van der Waals surface area contributed by atoms with E-state index in [0.29, 0.717) is 17.6 Å². The molecule has 1 saturated carbocycles. The van der Waals surface area contributed by atoms with E-state index in [1.165, 1.54) is 5.56 Å². The smallest absolute Gasteiger partial charge is 0.253 e. The largest absolute Gasteiger partial charge is 0.497 e. The maximum Gasteiger partial charge on any atom is 0.253 e. The van der Waals surface area contributed by atoms with Gasteiger partial charge in [-0.1, -0.05) is 12.1 Å². The minimum Gasteiger partial charge on any atom is -0.497 e. The Hall–Kier alpha value is -2.60. The number of nitrogens with one attached hydrogen (secondary N) is 2. The molecule has 6 nitrogen and oxygen atoms in total. The first-order valence-corrected chi connectivity index (χ1v) is 9.59. The quantitative estimate of drug-likeness (QED) is 0.787. The van der Waals surface area contributed by atoms with Gasteiger partial charge in [0.25, 0.3) is 5.91 Å². The van der Waals surface area contributed by atoms with E-state index < -0.39 is 0 Å². The topological polar surface area (TPSA) is 66.5 Å². The van der Waals surface area contributed by atoms with E-state index in [4.69, 9.17) is 4.74 Å². The van der Waals surface area contributed by atoms with Gasteiger partial charge in [0.1, 0.15) is 11.6 Å². The summed E-state index contributed by atoms with van der Waals surface area (Å²) in [6.07, 6.45) is 4.96. The molecule has 0 unspecified atom stereocenters. The summed E-state index contributed by atoms with van der Waals surface area (Å²) in [4.78, 5) is 18.8. The average Bonchev–Trinajstić information content (AvgIpc) is 3.40. The number of pyridine rings is 1. The molecule has 1 amide bonds. The predicted octanol–water partition coefficient (Wildman–Crippen LogP) is 2.35. The third-order valence-electron chi connectivity index (χ3n) is 5.19. The second kappa shape index (κ2) is 7.96. The van der Waals surface area contributed by atoms with Crippen molar-refractivity contribution in [3.05, 3.63) is 53.7 Å². The minimum atomic E-state index is -0.0167. The average molecular weight is 366 g/mol. The lowest BCUT2D eigenvalue weighted by Crippen LogP contribution is -2.32. The van der Waals surface area contributed by atoms with Crippen LogP contribution in [0.2, 0.25) is 0 Å². The molecule has 4 rings (SSSR count). The molecule has 1 aromatic carbocycles. The van der Waals surface area contributed by atoms with Gasteiger partial charge in [-0.15, -0.1) is 0 Å². The molecule has 0 bridgehead atoms. The van der Waals surface area contributed by atoms with Crippen LogP contribution in [0.25, 0.3) is 0 Å². The standard InChI is InChI=1S/C21H26N4O2/c1-27-19-7-2-15(3-8-19)12-22-18-10-11-25(14-18)20-9-4-16(13-23-20)21(26)24-17-5-6-17/h2-4,7-9,13,17-18,22H,5-6,10-12,14H2,1H3,(H,24,26)/t18-/m1/s1. The van der Waals surface area contributed by atoms with Gasteiger partial charge in [0.05, 0.1) is 12.7 Å². The lowest BCUT2D eigenvalue weighted by Gasteiger charge is -2.18. The Labute approximate surface area is 159 Å². The summed E-state index contributed by atoms with van der Waals surface area (Å²) < 4.78 is 5.20. The highest BCUT2D eigenvalue weighted by atomic mass is 16.5. The van der Waals surface area contributed by atoms with Crippen LogP contribution >= 0.6 is 0 Å². The van der Waals surface area contributed by atoms with Crippen LogP contribution in [0.3, 0.4) is 0 Å². The fourth-order valence-electron chi connectivity index (χ4n) is 3.34. The molecule has 0 spiro atoms. The van der Waals surface area contributed by atoms with Crippen LogP contribution in [0, 0.1) is 0 Å². The molecule has 1 aromatic heterocycles. The number of amides is 1. The fourth-order valence-corrected chi connectivity index (χ4v) is 3.34. The first kappa shape index (κ1) is 17.8. The van der Waals surface area contributed by atoms with Crippen molar-refractivity contribution in [2.24, 2.45) is 0 Å². The van der Waals surface area contributed by atoms with Gasteiger partial charge in [0.2, 0.25) is 0 Å². The molecule has 1 aliphatic heterocycles. The number of carbonyl (C=O) groups excluding carboxylic acids is 1. The van der Waals surface area contributed by atoms with Crippen molar-refractivity contribution >= 4 is 11.7 Å². The number of hydrogen-bond donors (Lipinski definition) is 2. The van der Waals surface area contributed by atoms with Crippen LogP contribution in [0.4, 0.5) is 5.82 Å². The summed E-state index contributed by atoms with van der Waals surface area (Å²) in [5.41, 5.74) is 1.89. The summed E-state index contributed by atoms with van der Waals surface area (Å²) >= 11 is 0. The maximum absolute atomic E-state index is 12.1. The Bertz CT molecular complexity index is 772. The van der Waals surface area contributed by atoms with E-state index in [-0.39, 0.29) is 5.91 Å². The number of nitrogens with zero attached hydrogens (tertiary/aromatic N) is 2. The van der Waals surface area contributed by atoms with E-state index in [9.17, 15) is 4.79 Å². The first-order valence-electron chi connectivity index (χ1n) is 9.59. The summed E-state index contributed by atoms with van der Waals surface area (Å²) in [5.74, 6) is 1.80. The summed E-state index contributed by atoms with van der Waals surface area (Å²) in [7, 11) is 1.68. The van der Waals surface area contributed by atoms with Crippen LogP contribution in [0.5, 0.6) is 5.75 Å². The molecule has 2 N–H and O–H groups in total. The second-order valence-electron chi connectivity index (χ2n) is 7.31. The molecule has 1 saturated heterocycles. The highest BCUT2D eigenvalue weighted by Gasteiger charge is 2.25. The molecule has 6 heteroatoms. The predicted molar refractivity (Wildman–Crippen MR) is 105 cm³/mol. The lowest BCUT2D eigenvalue weighted by atomic mass is 10.2. The number of carbonyl (C=O) groups is 1. The molecule has 1 atom stereocenters. The Kier molecular flexibility index (Phi) is 5.25. The van der Waals surface area contributed by atoms with Crippen molar-refractivity contribution in [3.63, 3.8) is 0 Å². The summed E-state index contributed by atoms with van der Waals surface area (Å²) in [6.45, 7) is 2.74. The van der Waals surface area contributed by atoms with Gasteiger partial charge >= 0.3 is 0 Å². The van der Waals surface area contributed by atoms with E-state index in [0.717, 1.165) is 50.5 Å². The van der Waals surface area contributed by atoms with E-state index in [1.807, 2.05) is 24.3 Å². The molecule has 27 heavy (non-hydrogen) atoms. The van der Waals surface area contributed by atoms with Gasteiger partial charge in [-0.05, 0) is 49.1 Å². The molecule has 0 radical (unpaired) electrons. The summed E-state index contributed by atoms with van der Waals surface area (Å²) in [5, 5.41) is 6.61. The van der Waals surface area contributed by atoms with Crippen molar-refractivity contribution in [1.29, 1.82) is 0 Å². The van der Waals surface area contributed by atoms with Crippen LogP contribution in [-0.4, -0.2) is 43.2 Å². The molecular formula is C21H26N4O2. The summed E-state index contributed by atoms with van der Waals surface area (Å²) in [6, 6.07) is 12.8. The van der Waals surface area contributed by atoms with Gasteiger partial charge in [-0.2, -0.15) is 0 Å². The number of methoxy groups -OCH3 is 1. The van der Waals surface area contributed by atoms with Crippen molar-refractivity contribution in [1.82, 2.24) is 15.6 Å². The molecular weight excluding hydrogens is 340 g/mol.